The molecule has 3 aromatic rings. The number of aromatic nitrogens is 3. The molecule has 14 heteroatoms. The van der Waals surface area contributed by atoms with Gasteiger partial charge in [-0.15, -0.1) is 0 Å². The van der Waals surface area contributed by atoms with Crippen LogP contribution in [0.5, 0.6) is 0 Å². The molecule has 2 aromatic heterocycles. The molecule has 2 aliphatic heterocycles. The molecule has 37 heavy (non-hydrogen) atoms. The highest BCUT2D eigenvalue weighted by atomic mass is 19.4. The van der Waals surface area contributed by atoms with Crippen LogP contribution < -0.4 is 5.32 Å². The van der Waals surface area contributed by atoms with Crippen LogP contribution in [0.3, 0.4) is 0 Å². The summed E-state index contributed by atoms with van der Waals surface area (Å²) in [6, 6.07) is 1.60. The van der Waals surface area contributed by atoms with Crippen LogP contribution in [-0.4, -0.2) is 52.1 Å². The second kappa shape index (κ2) is 9.72. The lowest BCUT2D eigenvalue weighted by Gasteiger charge is -2.27. The first-order valence-electron chi connectivity index (χ1n) is 11.4. The molecule has 2 aliphatic rings. The van der Waals surface area contributed by atoms with Crippen molar-refractivity contribution in [2.24, 2.45) is 5.92 Å². The number of urea groups is 1. The van der Waals surface area contributed by atoms with E-state index in [-0.39, 0.29) is 31.3 Å². The van der Waals surface area contributed by atoms with Gasteiger partial charge in [-0.25, -0.2) is 18.0 Å². The van der Waals surface area contributed by atoms with Crippen molar-refractivity contribution >= 4 is 11.7 Å². The zero-order chi connectivity index (χ0) is 26.3. The molecule has 2 amide bonds. The first kappa shape index (κ1) is 25.1. The summed E-state index contributed by atoms with van der Waals surface area (Å²) >= 11 is 0. The second-order valence-corrected chi connectivity index (χ2v) is 8.94. The molecular weight excluding hydrogens is 508 g/mol. The van der Waals surface area contributed by atoms with Crippen molar-refractivity contribution in [3.63, 3.8) is 0 Å². The van der Waals surface area contributed by atoms with Gasteiger partial charge < -0.3 is 19.5 Å². The van der Waals surface area contributed by atoms with Crippen molar-refractivity contribution in [2.75, 3.05) is 25.1 Å². The van der Waals surface area contributed by atoms with E-state index in [0.717, 1.165) is 17.3 Å². The van der Waals surface area contributed by atoms with E-state index >= 15 is 0 Å². The van der Waals surface area contributed by atoms with Crippen molar-refractivity contribution < 1.29 is 40.4 Å². The monoisotopic (exact) mass is 529 g/mol. The average molecular weight is 529 g/mol. The number of hydrogen-bond acceptors (Lipinski definition) is 5. The lowest BCUT2D eigenvalue weighted by Crippen LogP contribution is -2.38. The summed E-state index contributed by atoms with van der Waals surface area (Å²) in [5.74, 6) is -1.60. The Labute approximate surface area is 206 Å². The highest BCUT2D eigenvalue weighted by Crippen LogP contribution is 2.37. The SMILES string of the molecule is O=C(Nc1ccc(F)c(C(F)(F)F)c1)N1CCc2nn3c(c2C1)-c1nocc1C[C@H](COCC(F)F)C3. The summed E-state index contributed by atoms with van der Waals surface area (Å²) in [4.78, 5) is 14.3. The van der Waals surface area contributed by atoms with Crippen molar-refractivity contribution in [1.82, 2.24) is 19.8 Å². The van der Waals surface area contributed by atoms with Gasteiger partial charge in [0, 0.05) is 42.2 Å². The highest BCUT2D eigenvalue weighted by Gasteiger charge is 2.36. The minimum absolute atomic E-state index is 0.0883. The van der Waals surface area contributed by atoms with Crippen LogP contribution in [0.1, 0.15) is 22.4 Å². The van der Waals surface area contributed by atoms with E-state index in [9.17, 15) is 31.1 Å². The number of rotatable bonds is 5. The molecule has 0 fully saturated rings. The zero-order valence-electron chi connectivity index (χ0n) is 19.2. The predicted molar refractivity (Wildman–Crippen MR) is 116 cm³/mol. The Morgan fingerprint density at radius 2 is 2.11 bits per heavy atom. The molecule has 1 N–H and O–H groups in total. The van der Waals surface area contributed by atoms with Crippen LogP contribution in [0.15, 0.2) is 29.0 Å². The largest absolute Gasteiger partial charge is 0.419 e. The van der Waals surface area contributed by atoms with Gasteiger partial charge in [-0.3, -0.25) is 4.68 Å². The lowest BCUT2D eigenvalue weighted by atomic mass is 9.99. The molecule has 0 spiro atoms. The third-order valence-corrected chi connectivity index (χ3v) is 6.32. The van der Waals surface area contributed by atoms with Crippen molar-refractivity contribution in [2.45, 2.75) is 38.5 Å². The molecule has 8 nitrogen and oxygen atoms in total. The maximum absolute atomic E-state index is 13.6. The number of carbonyl (C=O) groups is 1. The Kier molecular flexibility index (Phi) is 6.60. The third kappa shape index (κ3) is 5.15. The zero-order valence-corrected chi connectivity index (χ0v) is 19.2. The van der Waals surface area contributed by atoms with E-state index in [2.05, 4.69) is 15.6 Å². The number of benzene rings is 1. The van der Waals surface area contributed by atoms with E-state index in [1.165, 1.54) is 11.2 Å². The van der Waals surface area contributed by atoms with Gasteiger partial charge in [-0.1, -0.05) is 5.16 Å². The third-order valence-electron chi connectivity index (χ3n) is 6.32. The first-order valence-corrected chi connectivity index (χ1v) is 11.4. The van der Waals surface area contributed by atoms with Gasteiger partial charge in [0.25, 0.3) is 6.43 Å². The number of alkyl halides is 5. The van der Waals surface area contributed by atoms with E-state index in [0.29, 0.717) is 48.5 Å². The maximum atomic E-state index is 13.6. The lowest BCUT2D eigenvalue weighted by molar-refractivity contribution is -0.139. The molecule has 4 heterocycles. The van der Waals surface area contributed by atoms with Crippen LogP contribution in [0, 0.1) is 11.7 Å². The van der Waals surface area contributed by atoms with E-state index in [4.69, 9.17) is 9.26 Å². The molecule has 0 unspecified atom stereocenters. The van der Waals surface area contributed by atoms with E-state index in [1.54, 1.807) is 4.68 Å². The molecule has 0 saturated carbocycles. The fourth-order valence-electron chi connectivity index (χ4n) is 4.67. The Balaban J connectivity index is 1.36. The average Bonchev–Trinajstić information content (AvgIpc) is 3.38. The topological polar surface area (TPSA) is 85.4 Å². The van der Waals surface area contributed by atoms with Crippen LogP contribution in [0.4, 0.5) is 36.8 Å². The number of hydrogen-bond donors (Lipinski definition) is 1. The molecule has 0 aliphatic carbocycles. The Morgan fingerprint density at radius 3 is 2.86 bits per heavy atom. The first-order chi connectivity index (χ1) is 17.6. The molecule has 1 atom stereocenters. The number of carbonyl (C=O) groups excluding carboxylic acids is 1. The van der Waals surface area contributed by atoms with Gasteiger partial charge in [0.05, 0.1) is 30.1 Å². The Hall–Kier alpha value is -3.55. The van der Waals surface area contributed by atoms with Gasteiger partial charge >= 0.3 is 12.2 Å². The Morgan fingerprint density at radius 1 is 1.30 bits per heavy atom. The Bertz CT molecular complexity index is 1300. The number of nitrogens with one attached hydrogen (secondary N) is 1. The number of amides is 2. The van der Waals surface area contributed by atoms with Crippen LogP contribution in [-0.2, 0) is 36.8 Å². The van der Waals surface area contributed by atoms with Gasteiger partial charge in [0.1, 0.15) is 24.4 Å². The van der Waals surface area contributed by atoms with Crippen LogP contribution >= 0.6 is 0 Å². The summed E-state index contributed by atoms with van der Waals surface area (Å²) < 4.78 is 89.8. The van der Waals surface area contributed by atoms with Gasteiger partial charge in [0.15, 0.2) is 0 Å². The summed E-state index contributed by atoms with van der Waals surface area (Å²) in [5.41, 5.74) is 1.68. The van der Waals surface area contributed by atoms with Gasteiger partial charge in [-0.05, 0) is 24.6 Å². The minimum Gasteiger partial charge on any atom is -0.375 e. The molecule has 5 rings (SSSR count). The molecule has 198 valence electrons. The quantitative estimate of drug-likeness (QED) is 0.483. The summed E-state index contributed by atoms with van der Waals surface area (Å²) in [7, 11) is 0. The standard InChI is InChI=1S/C23H21F6N5O3/c24-17-2-1-14(6-16(17)23(27,28)29)30-22(35)33-4-3-18-15(8-33)21-20-13(10-37-32-20)5-12(7-34(21)31-18)9-36-11-19(25)26/h1-2,6,10,12,19H,3-5,7-9,11H2,(H,30,35)/t12-/m0/s1. The van der Waals surface area contributed by atoms with E-state index < -0.39 is 36.6 Å². The maximum Gasteiger partial charge on any atom is 0.419 e. The second-order valence-electron chi connectivity index (χ2n) is 8.94. The minimum atomic E-state index is -4.90. The number of fused-ring (bicyclic) bond motifs is 5. The van der Waals surface area contributed by atoms with Crippen molar-refractivity contribution in [3.8, 4) is 11.4 Å². The fourth-order valence-corrected chi connectivity index (χ4v) is 4.67. The van der Waals surface area contributed by atoms with E-state index in [1.807, 2.05) is 0 Å². The van der Waals surface area contributed by atoms with Gasteiger partial charge in [0.2, 0.25) is 0 Å². The highest BCUT2D eigenvalue weighted by molar-refractivity contribution is 5.89. The molecule has 0 saturated heterocycles. The van der Waals surface area contributed by atoms with Crippen molar-refractivity contribution in [1.29, 1.82) is 0 Å². The summed E-state index contributed by atoms with van der Waals surface area (Å²) in [5, 5.41) is 11.2. The smallest absolute Gasteiger partial charge is 0.375 e. The number of halogens is 6. The van der Waals surface area contributed by atoms with Crippen LogP contribution in [0.2, 0.25) is 0 Å². The molecular formula is C23H21F6N5O3. The predicted octanol–water partition coefficient (Wildman–Crippen LogP) is 4.74. The fraction of sp³-hybridized carbons (Fsp3) is 0.435. The normalized spacial score (nSPS) is 17.3. The number of anilines is 1. The molecule has 0 bridgehead atoms. The summed E-state index contributed by atoms with van der Waals surface area (Å²) in [6.45, 7) is 0.144. The van der Waals surface area contributed by atoms with Gasteiger partial charge in [-0.2, -0.15) is 18.3 Å². The molecule has 0 radical (unpaired) electrons. The number of nitrogens with zero attached hydrogens (tertiary/aromatic N) is 4. The number of ether oxygens (including phenoxy) is 1. The van der Waals surface area contributed by atoms with Crippen LogP contribution in [0.25, 0.3) is 11.4 Å². The summed E-state index contributed by atoms with van der Waals surface area (Å²) in [6.07, 6.45) is -5.16. The molecule has 1 aromatic carbocycles. The van der Waals surface area contributed by atoms with Crippen molar-refractivity contribution in [3.05, 3.63) is 52.7 Å².